The summed E-state index contributed by atoms with van der Waals surface area (Å²) < 4.78 is 37.0. The smallest absolute Gasteiger partial charge is 0.373 e. The number of aromatic nitrogens is 2. The summed E-state index contributed by atoms with van der Waals surface area (Å²) in [5.41, 5.74) is 0. The highest BCUT2D eigenvalue weighted by Gasteiger charge is 2.31. The molecule has 0 saturated heterocycles. The van der Waals surface area contributed by atoms with Crippen molar-refractivity contribution in [3.63, 3.8) is 0 Å². The van der Waals surface area contributed by atoms with Gasteiger partial charge in [0.25, 0.3) is 0 Å². The molecule has 7 heteroatoms. The maximum absolute atomic E-state index is 12.3. The van der Waals surface area contributed by atoms with Gasteiger partial charge in [0.2, 0.25) is 0 Å². The summed E-state index contributed by atoms with van der Waals surface area (Å²) in [5.74, 6) is 1.78. The zero-order valence-corrected chi connectivity index (χ0v) is 10.3. The molecule has 0 radical (unpaired) electrons. The van der Waals surface area contributed by atoms with E-state index < -0.39 is 12.7 Å². The molecule has 1 aliphatic carbocycles. The summed E-state index contributed by atoms with van der Waals surface area (Å²) in [6, 6.07) is 1.53. The van der Waals surface area contributed by atoms with Gasteiger partial charge >= 0.3 is 6.18 Å². The number of anilines is 2. The summed E-state index contributed by atoms with van der Waals surface area (Å²) in [4.78, 5) is 9.56. The highest BCUT2D eigenvalue weighted by molar-refractivity contribution is 5.49. The van der Waals surface area contributed by atoms with Crippen molar-refractivity contribution in [2.24, 2.45) is 0 Å². The van der Waals surface area contributed by atoms with E-state index in [2.05, 4.69) is 15.3 Å². The number of hydrogen-bond donors (Lipinski definition) is 1. The molecule has 0 aliphatic heterocycles. The molecule has 4 nitrogen and oxygen atoms in total. The van der Waals surface area contributed by atoms with E-state index in [0.717, 1.165) is 17.7 Å². The van der Waals surface area contributed by atoms with Crippen molar-refractivity contribution >= 4 is 11.6 Å². The first-order valence-corrected chi connectivity index (χ1v) is 5.73. The van der Waals surface area contributed by atoms with Gasteiger partial charge < -0.3 is 10.2 Å². The summed E-state index contributed by atoms with van der Waals surface area (Å²) in [7, 11) is 3.07. The molecule has 0 unspecified atom stereocenters. The lowest BCUT2D eigenvalue weighted by Crippen LogP contribution is -2.31. The van der Waals surface area contributed by atoms with Gasteiger partial charge in [0.15, 0.2) is 0 Å². The Morgan fingerprint density at radius 2 is 2.06 bits per heavy atom. The second-order valence-electron chi connectivity index (χ2n) is 4.47. The Balaban J connectivity index is 2.22. The van der Waals surface area contributed by atoms with E-state index in [1.807, 2.05) is 0 Å². The zero-order chi connectivity index (χ0) is 13.3. The van der Waals surface area contributed by atoms with Crippen LogP contribution in [0.1, 0.15) is 24.6 Å². The second-order valence-corrected chi connectivity index (χ2v) is 4.47. The van der Waals surface area contributed by atoms with E-state index in [0.29, 0.717) is 23.4 Å². The number of nitrogens with one attached hydrogen (secondary N) is 1. The Morgan fingerprint density at radius 1 is 1.39 bits per heavy atom. The van der Waals surface area contributed by atoms with Crippen LogP contribution in [0.4, 0.5) is 24.8 Å². The fourth-order valence-corrected chi connectivity index (χ4v) is 1.65. The van der Waals surface area contributed by atoms with Crippen LogP contribution in [0.15, 0.2) is 6.07 Å². The zero-order valence-electron chi connectivity index (χ0n) is 10.3. The third kappa shape index (κ3) is 3.24. The normalized spacial score (nSPS) is 15.6. The minimum absolute atomic E-state index is 0.300. The Hall–Kier alpha value is -1.53. The van der Waals surface area contributed by atoms with Crippen LogP contribution in [-0.4, -0.2) is 36.8 Å². The van der Waals surface area contributed by atoms with Crippen LogP contribution in [0.25, 0.3) is 0 Å². The molecular weight excluding hydrogens is 245 g/mol. The van der Waals surface area contributed by atoms with Crippen molar-refractivity contribution in [3.8, 4) is 0 Å². The summed E-state index contributed by atoms with van der Waals surface area (Å²) >= 11 is 0. The van der Waals surface area contributed by atoms with Crippen LogP contribution in [-0.2, 0) is 0 Å². The van der Waals surface area contributed by atoms with Crippen molar-refractivity contribution in [1.29, 1.82) is 0 Å². The summed E-state index contributed by atoms with van der Waals surface area (Å²) in [6.45, 7) is -1.02. The Bertz CT molecular complexity index is 429. The molecule has 1 fully saturated rings. The lowest BCUT2D eigenvalue weighted by atomic mass is 10.3. The Labute approximate surface area is 103 Å². The number of hydrogen-bond acceptors (Lipinski definition) is 4. The van der Waals surface area contributed by atoms with Crippen LogP contribution in [0, 0.1) is 0 Å². The first-order chi connectivity index (χ1) is 8.39. The third-order valence-electron chi connectivity index (χ3n) is 2.74. The van der Waals surface area contributed by atoms with E-state index in [9.17, 15) is 13.2 Å². The van der Waals surface area contributed by atoms with Crippen LogP contribution >= 0.6 is 0 Å². The first kappa shape index (κ1) is 12.9. The average molecular weight is 260 g/mol. The van der Waals surface area contributed by atoms with E-state index in [4.69, 9.17) is 0 Å². The number of nitrogens with zero attached hydrogens (tertiary/aromatic N) is 3. The molecule has 1 aromatic rings. The van der Waals surface area contributed by atoms with Gasteiger partial charge in [-0.3, -0.25) is 0 Å². The number of alkyl halides is 3. The third-order valence-corrected chi connectivity index (χ3v) is 2.74. The van der Waals surface area contributed by atoms with E-state index in [1.165, 1.54) is 13.1 Å². The molecule has 1 aliphatic rings. The van der Waals surface area contributed by atoms with Crippen molar-refractivity contribution in [1.82, 2.24) is 9.97 Å². The molecule has 1 aromatic heterocycles. The van der Waals surface area contributed by atoms with Crippen LogP contribution in [0.5, 0.6) is 0 Å². The molecule has 0 bridgehead atoms. The predicted molar refractivity (Wildman–Crippen MR) is 62.9 cm³/mol. The fraction of sp³-hybridized carbons (Fsp3) is 0.636. The molecule has 1 heterocycles. The van der Waals surface area contributed by atoms with Gasteiger partial charge in [-0.05, 0) is 12.8 Å². The topological polar surface area (TPSA) is 41.0 Å². The standard InChI is InChI=1S/C11H15F3N4/c1-15-8-5-9(18(2)6-11(12,13)14)17-10(16-8)7-3-4-7/h5,7H,3-4,6H2,1-2H3,(H,15,16,17). The molecule has 1 N–H and O–H groups in total. The molecule has 2 rings (SSSR count). The van der Waals surface area contributed by atoms with E-state index in [1.54, 1.807) is 7.05 Å². The van der Waals surface area contributed by atoms with Crippen LogP contribution in [0.2, 0.25) is 0 Å². The molecule has 0 spiro atoms. The van der Waals surface area contributed by atoms with E-state index >= 15 is 0 Å². The predicted octanol–water partition coefficient (Wildman–Crippen LogP) is 2.39. The van der Waals surface area contributed by atoms with Crippen molar-refractivity contribution in [2.45, 2.75) is 24.9 Å². The molecular formula is C11H15F3N4. The highest BCUT2D eigenvalue weighted by atomic mass is 19.4. The first-order valence-electron chi connectivity index (χ1n) is 5.73. The molecule has 0 atom stereocenters. The SMILES string of the molecule is CNc1cc(N(C)CC(F)(F)F)nc(C2CC2)n1. The van der Waals surface area contributed by atoms with Gasteiger partial charge in [-0.2, -0.15) is 13.2 Å². The highest BCUT2D eigenvalue weighted by Crippen LogP contribution is 2.39. The lowest BCUT2D eigenvalue weighted by molar-refractivity contribution is -0.119. The monoisotopic (exact) mass is 260 g/mol. The lowest BCUT2D eigenvalue weighted by Gasteiger charge is -2.20. The maximum Gasteiger partial charge on any atom is 0.405 e. The van der Waals surface area contributed by atoms with Crippen molar-refractivity contribution in [2.75, 3.05) is 30.9 Å². The fourth-order valence-electron chi connectivity index (χ4n) is 1.65. The Kier molecular flexibility index (Phi) is 3.32. The van der Waals surface area contributed by atoms with Crippen molar-refractivity contribution < 1.29 is 13.2 Å². The minimum Gasteiger partial charge on any atom is -0.373 e. The van der Waals surface area contributed by atoms with Gasteiger partial charge in [-0.25, -0.2) is 9.97 Å². The van der Waals surface area contributed by atoms with Gasteiger partial charge in [0.1, 0.15) is 24.0 Å². The van der Waals surface area contributed by atoms with Gasteiger partial charge in [-0.15, -0.1) is 0 Å². The molecule has 1 saturated carbocycles. The molecule has 100 valence electrons. The van der Waals surface area contributed by atoms with Gasteiger partial charge in [0, 0.05) is 26.1 Å². The van der Waals surface area contributed by atoms with Crippen LogP contribution < -0.4 is 10.2 Å². The van der Waals surface area contributed by atoms with Gasteiger partial charge in [0.05, 0.1) is 0 Å². The largest absolute Gasteiger partial charge is 0.405 e. The van der Waals surface area contributed by atoms with Crippen molar-refractivity contribution in [3.05, 3.63) is 11.9 Å². The van der Waals surface area contributed by atoms with E-state index in [-0.39, 0.29) is 0 Å². The second kappa shape index (κ2) is 4.62. The minimum atomic E-state index is -4.24. The molecule has 0 aromatic carbocycles. The molecule has 0 amide bonds. The Morgan fingerprint density at radius 3 is 2.56 bits per heavy atom. The average Bonchev–Trinajstić information content (AvgIpc) is 3.09. The van der Waals surface area contributed by atoms with Gasteiger partial charge in [-0.1, -0.05) is 0 Å². The summed E-state index contributed by atoms with van der Waals surface area (Å²) in [6.07, 6.45) is -2.22. The molecule has 18 heavy (non-hydrogen) atoms. The van der Waals surface area contributed by atoms with Crippen LogP contribution in [0.3, 0.4) is 0 Å². The maximum atomic E-state index is 12.3. The quantitative estimate of drug-likeness (QED) is 0.902. The number of rotatable bonds is 4. The number of halogens is 3. The summed E-state index contributed by atoms with van der Waals surface area (Å²) in [5, 5.41) is 2.85.